The molecule has 1 fully saturated rings. The van der Waals surface area contributed by atoms with Crippen LogP contribution in [0.15, 0.2) is 53.3 Å². The molecule has 0 aromatic heterocycles. The van der Waals surface area contributed by atoms with Crippen LogP contribution in [0.4, 0.5) is 10.5 Å². The smallest absolute Gasteiger partial charge is 0.417 e. The van der Waals surface area contributed by atoms with Gasteiger partial charge in [-0.2, -0.15) is 0 Å². The van der Waals surface area contributed by atoms with Crippen molar-refractivity contribution in [3.8, 4) is 17.2 Å². The highest BCUT2D eigenvalue weighted by Crippen LogP contribution is 2.56. The van der Waals surface area contributed by atoms with Gasteiger partial charge in [0.25, 0.3) is 5.91 Å². The Morgan fingerprint density at radius 1 is 1.05 bits per heavy atom. The fourth-order valence-corrected chi connectivity index (χ4v) is 5.98. The van der Waals surface area contributed by atoms with Gasteiger partial charge in [0, 0.05) is 23.8 Å². The highest BCUT2D eigenvalue weighted by molar-refractivity contribution is 6.23. The summed E-state index contributed by atoms with van der Waals surface area (Å²) >= 11 is 0. The maximum atomic E-state index is 13.7. The molecule has 5 unspecified atom stereocenters. The zero-order chi connectivity index (χ0) is 30.0. The van der Waals surface area contributed by atoms with E-state index in [0.717, 1.165) is 0 Å². The molecule has 13 nitrogen and oxygen atoms in total. The van der Waals surface area contributed by atoms with Crippen LogP contribution in [0.5, 0.6) is 17.2 Å². The van der Waals surface area contributed by atoms with E-state index in [2.05, 4.69) is 5.32 Å². The van der Waals surface area contributed by atoms with Crippen LogP contribution in [0.1, 0.15) is 30.4 Å². The van der Waals surface area contributed by atoms with E-state index in [1.54, 1.807) is 19.1 Å². The van der Waals surface area contributed by atoms with Crippen LogP contribution in [0, 0.1) is 11.8 Å². The molecule has 0 heterocycles. The van der Waals surface area contributed by atoms with Crippen LogP contribution in [-0.4, -0.2) is 67.9 Å². The Morgan fingerprint density at radius 3 is 2.29 bits per heavy atom. The minimum atomic E-state index is -2.94. The van der Waals surface area contributed by atoms with Gasteiger partial charge in [-0.25, -0.2) is 4.79 Å². The fourth-order valence-electron chi connectivity index (χ4n) is 5.98. The number of carbonyl (C=O) groups excluding carboxylic acids is 4. The highest BCUT2D eigenvalue weighted by Gasteiger charge is 2.64. The molecular weight excluding hydrogens is 540 g/mol. The van der Waals surface area contributed by atoms with Gasteiger partial charge in [0.15, 0.2) is 11.4 Å². The first-order chi connectivity index (χ1) is 19.3. The second-order valence-electron chi connectivity index (χ2n) is 10.1. The summed E-state index contributed by atoms with van der Waals surface area (Å²) in [6.07, 6.45) is -3.29. The van der Waals surface area contributed by atoms with Gasteiger partial charge in [-0.3, -0.25) is 19.7 Å². The highest BCUT2D eigenvalue weighted by atomic mass is 16.6. The Kier molecular flexibility index (Phi) is 6.51. The van der Waals surface area contributed by atoms with Crippen molar-refractivity contribution in [1.82, 2.24) is 0 Å². The standard InChI is InChI=1S/C28H26N2O11/c1-10-13-7-8-15(30-27(38)41-12-5-3-11(40-2)4-6-12)22(33)18(13)23(34)20-17(10)21(32)14-9-16(31)19(26(29)37)24(35)28(14,39)25(20)36/h3-8,10,14,17,21,32-35,39H,9H2,1-2H3,(H2,29,37)(H,30,38). The number of aliphatic hydroxyl groups excluding tert-OH is 3. The summed E-state index contributed by atoms with van der Waals surface area (Å²) in [6.45, 7) is 1.59. The second kappa shape index (κ2) is 9.64. The van der Waals surface area contributed by atoms with Crippen molar-refractivity contribution in [1.29, 1.82) is 0 Å². The van der Waals surface area contributed by atoms with Gasteiger partial charge >= 0.3 is 6.09 Å². The van der Waals surface area contributed by atoms with Crippen molar-refractivity contribution in [3.05, 3.63) is 64.4 Å². The van der Waals surface area contributed by atoms with Crippen LogP contribution in [0.2, 0.25) is 0 Å². The van der Waals surface area contributed by atoms with E-state index in [9.17, 15) is 44.7 Å². The second-order valence-corrected chi connectivity index (χ2v) is 10.1. The quantitative estimate of drug-likeness (QED) is 0.208. The molecule has 8 N–H and O–H groups in total. The summed E-state index contributed by atoms with van der Waals surface area (Å²) in [5.41, 5.74) is 0.568. The number of anilines is 1. The van der Waals surface area contributed by atoms with E-state index < -0.39 is 87.9 Å². The summed E-state index contributed by atoms with van der Waals surface area (Å²) in [5, 5.41) is 58.0. The number of fused-ring (bicyclic) bond motifs is 3. The van der Waals surface area contributed by atoms with Crippen LogP contribution in [-0.2, 0) is 14.4 Å². The number of Topliss-reactive ketones (excluding diaryl/α,β-unsaturated/α-hetero) is 2. The number of ether oxygens (including phenoxy) is 2. The van der Waals surface area contributed by atoms with Gasteiger partial charge in [0.05, 0.1) is 24.5 Å². The number of amides is 2. The van der Waals surface area contributed by atoms with Gasteiger partial charge in [-0.05, 0) is 41.8 Å². The lowest BCUT2D eigenvalue weighted by Gasteiger charge is -2.50. The number of hydrogen-bond donors (Lipinski definition) is 7. The van der Waals surface area contributed by atoms with Gasteiger partial charge in [0.1, 0.15) is 34.3 Å². The summed E-state index contributed by atoms with van der Waals surface area (Å²) < 4.78 is 10.2. The van der Waals surface area contributed by atoms with E-state index >= 15 is 0 Å². The van der Waals surface area contributed by atoms with E-state index in [-0.39, 0.29) is 17.0 Å². The van der Waals surface area contributed by atoms with E-state index in [0.29, 0.717) is 11.3 Å². The SMILES string of the molecule is COc1ccc(OC(=O)Nc2ccc3c(c2O)C(O)=C2C(=O)C4(O)C(O)=C(C(N)=O)C(=O)CC4C(O)C2C3C)cc1. The third-order valence-electron chi connectivity index (χ3n) is 8.01. The van der Waals surface area contributed by atoms with Crippen LogP contribution in [0.3, 0.4) is 0 Å². The number of nitrogens with two attached hydrogens (primary N) is 1. The van der Waals surface area contributed by atoms with Crippen molar-refractivity contribution in [2.24, 2.45) is 17.6 Å². The third kappa shape index (κ3) is 4.00. The number of aromatic hydroxyl groups is 1. The van der Waals surface area contributed by atoms with E-state index in [4.69, 9.17) is 15.2 Å². The molecule has 214 valence electrons. The molecule has 0 aliphatic heterocycles. The third-order valence-corrected chi connectivity index (χ3v) is 8.01. The lowest BCUT2D eigenvalue weighted by molar-refractivity contribution is -0.160. The van der Waals surface area contributed by atoms with E-state index in [1.807, 2.05) is 0 Å². The number of hydrogen-bond acceptors (Lipinski definition) is 11. The fraction of sp³-hybridized carbons (Fsp3) is 0.286. The number of phenols is 1. The predicted octanol–water partition coefficient (Wildman–Crippen LogP) is 1.58. The predicted molar refractivity (Wildman–Crippen MR) is 140 cm³/mol. The largest absolute Gasteiger partial charge is 0.508 e. The zero-order valence-electron chi connectivity index (χ0n) is 21.7. The molecule has 0 saturated heterocycles. The lowest BCUT2D eigenvalue weighted by Crippen LogP contribution is -2.63. The number of nitrogens with one attached hydrogen (secondary N) is 1. The van der Waals surface area contributed by atoms with Gasteiger partial charge in [-0.15, -0.1) is 0 Å². The Labute approximate surface area is 232 Å². The Hall–Kier alpha value is -4.88. The zero-order valence-corrected chi connectivity index (χ0v) is 21.7. The average Bonchev–Trinajstić information content (AvgIpc) is 2.92. The molecule has 0 spiro atoms. The number of rotatable bonds is 4. The number of primary amides is 1. The van der Waals surface area contributed by atoms with Gasteiger partial charge in [0.2, 0.25) is 5.78 Å². The molecular formula is C28H26N2O11. The maximum absolute atomic E-state index is 13.7. The van der Waals surface area contributed by atoms with Crippen LogP contribution >= 0.6 is 0 Å². The van der Waals surface area contributed by atoms with Gasteiger partial charge in [-0.1, -0.05) is 13.0 Å². The number of carbonyl (C=O) groups is 4. The van der Waals surface area contributed by atoms with Crippen molar-refractivity contribution in [2.45, 2.75) is 31.0 Å². The van der Waals surface area contributed by atoms with Gasteiger partial charge < -0.3 is 40.7 Å². The molecule has 5 rings (SSSR count). The number of ketones is 2. The molecule has 41 heavy (non-hydrogen) atoms. The Morgan fingerprint density at radius 2 is 1.68 bits per heavy atom. The molecule has 1 saturated carbocycles. The molecule has 13 heteroatoms. The number of phenolic OH excluding ortho intramolecular Hbond substituents is 1. The van der Waals surface area contributed by atoms with Crippen LogP contribution in [0.25, 0.3) is 5.76 Å². The first-order valence-corrected chi connectivity index (χ1v) is 12.5. The summed E-state index contributed by atoms with van der Waals surface area (Å²) in [5.74, 6) is -9.13. The summed E-state index contributed by atoms with van der Waals surface area (Å²) in [6, 6.07) is 8.89. The number of methoxy groups -OCH3 is 1. The van der Waals surface area contributed by atoms with Crippen molar-refractivity contribution in [3.63, 3.8) is 0 Å². The minimum absolute atomic E-state index is 0.168. The lowest BCUT2D eigenvalue weighted by atomic mass is 9.55. The monoisotopic (exact) mass is 566 g/mol. The van der Waals surface area contributed by atoms with Crippen molar-refractivity contribution >= 4 is 35.0 Å². The normalized spacial score (nSPS) is 27.0. The van der Waals surface area contributed by atoms with E-state index in [1.165, 1.54) is 31.4 Å². The average molecular weight is 567 g/mol. The number of benzene rings is 2. The topological polar surface area (TPSA) is 226 Å². The number of aliphatic hydroxyl groups is 4. The summed E-state index contributed by atoms with van der Waals surface area (Å²) in [4.78, 5) is 50.6. The minimum Gasteiger partial charge on any atom is -0.508 e. The molecule has 0 radical (unpaired) electrons. The summed E-state index contributed by atoms with van der Waals surface area (Å²) in [7, 11) is 1.48. The molecule has 2 aromatic carbocycles. The molecule has 5 atom stereocenters. The Bertz CT molecular complexity index is 1580. The van der Waals surface area contributed by atoms with Crippen molar-refractivity contribution in [2.75, 3.05) is 12.4 Å². The first-order valence-electron chi connectivity index (χ1n) is 12.5. The molecule has 3 aliphatic carbocycles. The van der Waals surface area contributed by atoms with Crippen LogP contribution < -0.4 is 20.5 Å². The molecule has 0 bridgehead atoms. The molecule has 2 amide bonds. The first kappa shape index (κ1) is 27.7. The maximum Gasteiger partial charge on any atom is 0.417 e. The molecule has 2 aromatic rings. The Balaban J connectivity index is 1.55. The molecule has 3 aliphatic rings. The van der Waals surface area contributed by atoms with Crippen molar-refractivity contribution < 1.29 is 54.2 Å².